The summed E-state index contributed by atoms with van der Waals surface area (Å²) >= 11 is 0. The van der Waals surface area contributed by atoms with Crippen molar-refractivity contribution < 1.29 is 4.79 Å². The van der Waals surface area contributed by atoms with Crippen molar-refractivity contribution in [1.29, 1.82) is 0 Å². The molecule has 3 N–H and O–H groups in total. The first kappa shape index (κ1) is 11.6. The summed E-state index contributed by atoms with van der Waals surface area (Å²) in [5.74, 6) is -0.111. The van der Waals surface area contributed by atoms with Crippen LogP contribution in [0.15, 0.2) is 24.3 Å². The average molecular weight is 232 g/mol. The number of amides is 1. The largest absolute Gasteiger partial charge is 0.336 e. The van der Waals surface area contributed by atoms with Gasteiger partial charge in [0.05, 0.1) is 5.52 Å². The highest BCUT2D eigenvalue weighted by molar-refractivity contribution is 6.04. The highest BCUT2D eigenvalue weighted by Gasteiger charge is 2.20. The van der Waals surface area contributed by atoms with E-state index in [9.17, 15) is 4.79 Å². The highest BCUT2D eigenvalue weighted by Crippen LogP contribution is 2.16. The molecule has 5 nitrogen and oxygen atoms in total. The summed E-state index contributed by atoms with van der Waals surface area (Å²) in [4.78, 5) is 13.8. The fourth-order valence-electron chi connectivity index (χ4n) is 1.65. The molecule has 0 saturated heterocycles. The van der Waals surface area contributed by atoms with Crippen molar-refractivity contribution >= 4 is 16.8 Å². The SMILES string of the molecule is CC(CN)N(C)C(=O)c1n[nH]c2ccccc12. The number of likely N-dealkylation sites (N-methyl/N-ethyl adjacent to an activating group) is 1. The zero-order valence-electron chi connectivity index (χ0n) is 9.97. The maximum absolute atomic E-state index is 12.2. The van der Waals surface area contributed by atoms with Crippen LogP contribution in [0.2, 0.25) is 0 Å². The van der Waals surface area contributed by atoms with E-state index < -0.39 is 0 Å². The quantitative estimate of drug-likeness (QED) is 0.828. The van der Waals surface area contributed by atoms with Gasteiger partial charge in [0, 0.05) is 25.0 Å². The second kappa shape index (κ2) is 4.55. The lowest BCUT2D eigenvalue weighted by molar-refractivity contribution is 0.0744. The molecule has 2 rings (SSSR count). The monoisotopic (exact) mass is 232 g/mol. The Hall–Kier alpha value is -1.88. The lowest BCUT2D eigenvalue weighted by Crippen LogP contribution is -2.39. The molecule has 1 atom stereocenters. The van der Waals surface area contributed by atoms with E-state index in [-0.39, 0.29) is 11.9 Å². The lowest BCUT2D eigenvalue weighted by Gasteiger charge is -2.22. The molecule has 0 aliphatic heterocycles. The van der Waals surface area contributed by atoms with Gasteiger partial charge in [-0.15, -0.1) is 0 Å². The average Bonchev–Trinajstić information content (AvgIpc) is 2.79. The zero-order valence-corrected chi connectivity index (χ0v) is 9.97. The number of rotatable bonds is 3. The molecule has 0 aliphatic carbocycles. The van der Waals surface area contributed by atoms with Gasteiger partial charge in [-0.2, -0.15) is 5.10 Å². The molecule has 1 unspecified atom stereocenters. The Kier molecular flexibility index (Phi) is 3.10. The van der Waals surface area contributed by atoms with Gasteiger partial charge in [-0.25, -0.2) is 0 Å². The fourth-order valence-corrected chi connectivity index (χ4v) is 1.65. The first-order chi connectivity index (χ1) is 8.15. The van der Waals surface area contributed by atoms with E-state index in [1.165, 1.54) is 0 Å². The Morgan fingerprint density at radius 1 is 1.53 bits per heavy atom. The number of aromatic amines is 1. The number of benzene rings is 1. The zero-order chi connectivity index (χ0) is 12.4. The molecule has 1 aromatic heterocycles. The molecule has 0 radical (unpaired) electrons. The predicted octanol–water partition coefficient (Wildman–Crippen LogP) is 0.982. The minimum atomic E-state index is -0.111. The second-order valence-electron chi connectivity index (χ2n) is 4.12. The number of nitrogens with zero attached hydrogens (tertiary/aromatic N) is 2. The summed E-state index contributed by atoms with van der Waals surface area (Å²) in [5, 5.41) is 7.77. The molecule has 90 valence electrons. The van der Waals surface area contributed by atoms with E-state index >= 15 is 0 Å². The van der Waals surface area contributed by atoms with E-state index in [1.54, 1.807) is 11.9 Å². The number of carbonyl (C=O) groups excluding carboxylic acids is 1. The smallest absolute Gasteiger partial charge is 0.275 e. The van der Waals surface area contributed by atoms with Gasteiger partial charge in [0.2, 0.25) is 0 Å². The highest BCUT2D eigenvalue weighted by atomic mass is 16.2. The Balaban J connectivity index is 2.37. The van der Waals surface area contributed by atoms with Crippen molar-refractivity contribution in [3.8, 4) is 0 Å². The molecule has 2 aromatic rings. The number of fused-ring (bicyclic) bond motifs is 1. The molecule has 1 heterocycles. The number of nitrogens with two attached hydrogens (primary N) is 1. The molecule has 0 fully saturated rings. The van der Waals surface area contributed by atoms with E-state index in [1.807, 2.05) is 31.2 Å². The third kappa shape index (κ3) is 2.01. The van der Waals surface area contributed by atoms with E-state index in [2.05, 4.69) is 10.2 Å². The fraction of sp³-hybridized carbons (Fsp3) is 0.333. The van der Waals surface area contributed by atoms with Gasteiger partial charge in [0.25, 0.3) is 5.91 Å². The molecule has 0 aliphatic rings. The third-order valence-corrected chi connectivity index (χ3v) is 3.00. The first-order valence-electron chi connectivity index (χ1n) is 5.55. The molecular formula is C12H16N4O. The van der Waals surface area contributed by atoms with Crippen LogP contribution >= 0.6 is 0 Å². The van der Waals surface area contributed by atoms with Crippen LogP contribution in [0.4, 0.5) is 0 Å². The standard InChI is InChI=1S/C12H16N4O/c1-8(7-13)16(2)12(17)11-9-5-3-4-6-10(9)14-15-11/h3-6,8H,7,13H2,1-2H3,(H,14,15). The van der Waals surface area contributed by atoms with Crippen molar-refractivity contribution in [3.05, 3.63) is 30.0 Å². The normalized spacial score (nSPS) is 12.6. The molecule has 5 heteroatoms. The molecule has 1 amide bonds. The van der Waals surface area contributed by atoms with Crippen molar-refractivity contribution in [2.45, 2.75) is 13.0 Å². The maximum atomic E-state index is 12.2. The van der Waals surface area contributed by atoms with Crippen LogP contribution in [0.5, 0.6) is 0 Å². The van der Waals surface area contributed by atoms with E-state index in [4.69, 9.17) is 5.73 Å². The third-order valence-electron chi connectivity index (χ3n) is 3.00. The number of hydrogen-bond acceptors (Lipinski definition) is 3. The van der Waals surface area contributed by atoms with Gasteiger partial charge >= 0.3 is 0 Å². The molecule has 0 spiro atoms. The summed E-state index contributed by atoms with van der Waals surface area (Å²) in [6, 6.07) is 7.57. The topological polar surface area (TPSA) is 75.0 Å². The van der Waals surface area contributed by atoms with Crippen molar-refractivity contribution in [2.75, 3.05) is 13.6 Å². The summed E-state index contributed by atoms with van der Waals surface area (Å²) in [7, 11) is 1.74. The Morgan fingerprint density at radius 3 is 2.94 bits per heavy atom. The van der Waals surface area contributed by atoms with Crippen molar-refractivity contribution in [1.82, 2.24) is 15.1 Å². The molecule has 1 aromatic carbocycles. The second-order valence-corrected chi connectivity index (χ2v) is 4.12. The molecular weight excluding hydrogens is 216 g/mol. The van der Waals surface area contributed by atoms with Crippen LogP contribution in [-0.4, -0.2) is 40.6 Å². The van der Waals surface area contributed by atoms with E-state index in [0.717, 1.165) is 10.9 Å². The van der Waals surface area contributed by atoms with Crippen LogP contribution in [-0.2, 0) is 0 Å². The minimum Gasteiger partial charge on any atom is -0.336 e. The van der Waals surface area contributed by atoms with Gasteiger partial charge in [-0.1, -0.05) is 18.2 Å². The van der Waals surface area contributed by atoms with Gasteiger partial charge in [0.15, 0.2) is 5.69 Å². The Labute approximate surface area is 99.6 Å². The number of hydrogen-bond donors (Lipinski definition) is 2. The van der Waals surface area contributed by atoms with Crippen molar-refractivity contribution in [2.24, 2.45) is 5.73 Å². The van der Waals surface area contributed by atoms with Crippen LogP contribution < -0.4 is 5.73 Å². The van der Waals surface area contributed by atoms with Crippen LogP contribution in [0.25, 0.3) is 10.9 Å². The van der Waals surface area contributed by atoms with E-state index in [0.29, 0.717) is 12.2 Å². The number of para-hydroxylation sites is 1. The summed E-state index contributed by atoms with van der Waals surface area (Å²) < 4.78 is 0. The van der Waals surface area contributed by atoms with Crippen LogP contribution in [0.3, 0.4) is 0 Å². The number of H-pyrrole nitrogens is 1. The lowest BCUT2D eigenvalue weighted by atomic mass is 10.2. The van der Waals surface area contributed by atoms with Gasteiger partial charge < -0.3 is 10.6 Å². The summed E-state index contributed by atoms with van der Waals surface area (Å²) in [6.07, 6.45) is 0. The molecule has 0 saturated carbocycles. The maximum Gasteiger partial charge on any atom is 0.275 e. The molecule has 17 heavy (non-hydrogen) atoms. The van der Waals surface area contributed by atoms with Gasteiger partial charge in [-0.05, 0) is 13.0 Å². The van der Waals surface area contributed by atoms with Crippen LogP contribution in [0, 0.1) is 0 Å². The number of nitrogens with one attached hydrogen (secondary N) is 1. The number of carbonyl (C=O) groups is 1. The Morgan fingerprint density at radius 2 is 2.24 bits per heavy atom. The van der Waals surface area contributed by atoms with Crippen LogP contribution in [0.1, 0.15) is 17.4 Å². The first-order valence-corrected chi connectivity index (χ1v) is 5.55. The predicted molar refractivity (Wildman–Crippen MR) is 66.7 cm³/mol. The minimum absolute atomic E-state index is 0.00189. The van der Waals surface area contributed by atoms with Gasteiger partial charge in [0.1, 0.15) is 0 Å². The van der Waals surface area contributed by atoms with Crippen molar-refractivity contribution in [3.63, 3.8) is 0 Å². The Bertz CT molecular complexity index is 534. The summed E-state index contributed by atoms with van der Waals surface area (Å²) in [6.45, 7) is 2.34. The van der Waals surface area contributed by atoms with Gasteiger partial charge in [-0.3, -0.25) is 9.89 Å². The molecule has 0 bridgehead atoms. The number of aromatic nitrogens is 2. The summed E-state index contributed by atoms with van der Waals surface area (Å²) in [5.41, 5.74) is 6.87.